The molecule has 2 N–H and O–H groups in total. The summed E-state index contributed by atoms with van der Waals surface area (Å²) in [5, 5.41) is 15.4. The molecule has 2 aromatic carbocycles. The van der Waals surface area contributed by atoms with E-state index in [1.807, 2.05) is 0 Å². The molecule has 0 spiro atoms. The first-order chi connectivity index (χ1) is 13.1. The van der Waals surface area contributed by atoms with Gasteiger partial charge in [-0.25, -0.2) is 8.78 Å². The molecular weight excluding hydrogens is 408 g/mol. The quantitative estimate of drug-likeness (QED) is 0.500. The zero-order chi connectivity index (χ0) is 20.5. The number of carbonyl (C=O) groups excluding carboxylic acids is 1. The average molecular weight is 421 g/mol. The van der Waals surface area contributed by atoms with E-state index in [0.717, 1.165) is 35.0 Å². The van der Waals surface area contributed by atoms with Gasteiger partial charge in [0.1, 0.15) is 22.9 Å². The number of aromatic nitrogens is 2. The predicted octanol–water partition coefficient (Wildman–Crippen LogP) is 3.54. The molecule has 0 aliphatic heterocycles. The molecule has 0 unspecified atom stereocenters. The molecule has 0 aliphatic carbocycles. The first-order valence-corrected chi connectivity index (χ1v) is 7.83. The molecule has 5 nitrogen and oxygen atoms in total. The van der Waals surface area contributed by atoms with Crippen molar-refractivity contribution < 1.29 is 31.9 Å². The molecule has 1 aromatic heterocycles. The monoisotopic (exact) mass is 421 g/mol. The van der Waals surface area contributed by atoms with Crippen LogP contribution in [-0.2, 0) is 12.7 Å². The number of phenolic OH excluding ortho intramolecular Hbond substituents is 1. The summed E-state index contributed by atoms with van der Waals surface area (Å²) in [7, 11) is 0. The number of alkyl halides is 3. The number of aromatic hydroxyl groups is 1. The molecule has 0 radical (unpaired) electrons. The Morgan fingerprint density at radius 1 is 1.10 bits per heavy atom. The number of hydrogen-bond donors (Lipinski definition) is 2. The molecular formula is C18H13F5N3NaO2. The zero-order valence-corrected chi connectivity index (χ0v) is 14.0. The Balaban J connectivity index is 0.00000300. The van der Waals surface area contributed by atoms with E-state index in [1.165, 1.54) is 12.3 Å². The van der Waals surface area contributed by atoms with E-state index in [0.29, 0.717) is 6.07 Å². The van der Waals surface area contributed by atoms with Crippen molar-refractivity contribution in [2.24, 2.45) is 0 Å². The summed E-state index contributed by atoms with van der Waals surface area (Å²) in [6.45, 7) is -0.306. The fourth-order valence-corrected chi connectivity index (χ4v) is 2.55. The number of rotatable bonds is 4. The second-order valence-corrected chi connectivity index (χ2v) is 5.79. The topological polar surface area (TPSA) is 67.2 Å². The first kappa shape index (κ1) is 22.9. The van der Waals surface area contributed by atoms with Crippen molar-refractivity contribution >= 4 is 41.3 Å². The molecule has 148 valence electrons. The van der Waals surface area contributed by atoms with Gasteiger partial charge in [0.25, 0.3) is 5.91 Å². The number of hydrogen-bond acceptors (Lipinski definition) is 3. The molecule has 0 bridgehead atoms. The van der Waals surface area contributed by atoms with E-state index in [4.69, 9.17) is 0 Å². The van der Waals surface area contributed by atoms with Gasteiger partial charge in [0.2, 0.25) is 0 Å². The van der Waals surface area contributed by atoms with Crippen LogP contribution in [0.5, 0.6) is 5.75 Å². The normalized spacial score (nSPS) is 11.1. The second kappa shape index (κ2) is 8.93. The van der Waals surface area contributed by atoms with E-state index in [9.17, 15) is 31.9 Å². The Kier molecular flexibility index (Phi) is 7.04. The summed E-state index contributed by atoms with van der Waals surface area (Å²) in [5.41, 5.74) is -1.98. The van der Waals surface area contributed by atoms with Gasteiger partial charge in [-0.3, -0.25) is 9.48 Å². The predicted molar refractivity (Wildman–Crippen MR) is 95.9 cm³/mol. The summed E-state index contributed by atoms with van der Waals surface area (Å²) >= 11 is 0. The number of nitrogens with one attached hydrogen (secondary N) is 1. The Hall–Kier alpha value is -2.43. The first-order valence-electron chi connectivity index (χ1n) is 7.83. The average Bonchev–Trinajstić information content (AvgIpc) is 3.02. The van der Waals surface area contributed by atoms with Crippen LogP contribution in [0.1, 0.15) is 21.5 Å². The number of amides is 1. The van der Waals surface area contributed by atoms with Crippen molar-refractivity contribution in [2.45, 2.75) is 12.7 Å². The van der Waals surface area contributed by atoms with Crippen molar-refractivity contribution in [3.8, 4) is 5.75 Å². The third kappa shape index (κ3) is 5.34. The molecule has 1 amide bonds. The summed E-state index contributed by atoms with van der Waals surface area (Å²) in [6.07, 6.45) is -3.39. The van der Waals surface area contributed by atoms with Gasteiger partial charge in [0.15, 0.2) is 5.82 Å². The van der Waals surface area contributed by atoms with E-state index in [2.05, 4.69) is 10.4 Å². The second-order valence-electron chi connectivity index (χ2n) is 5.79. The van der Waals surface area contributed by atoms with Crippen molar-refractivity contribution in [3.63, 3.8) is 0 Å². The van der Waals surface area contributed by atoms with E-state index >= 15 is 0 Å². The minimum absolute atomic E-state index is 0. The van der Waals surface area contributed by atoms with Gasteiger partial charge >= 0.3 is 35.7 Å². The van der Waals surface area contributed by atoms with Crippen LogP contribution in [0.2, 0.25) is 0 Å². The summed E-state index contributed by atoms with van der Waals surface area (Å²) in [5.74, 6) is -3.83. The molecule has 0 atom stereocenters. The molecule has 0 aliphatic rings. The molecule has 0 saturated carbocycles. The number of nitrogens with zero attached hydrogens (tertiary/aromatic N) is 2. The van der Waals surface area contributed by atoms with Crippen LogP contribution in [0.4, 0.5) is 27.8 Å². The van der Waals surface area contributed by atoms with Gasteiger partial charge in [-0.15, -0.1) is 0 Å². The third-order valence-corrected chi connectivity index (χ3v) is 3.80. The van der Waals surface area contributed by atoms with Crippen molar-refractivity contribution in [3.05, 3.63) is 77.0 Å². The van der Waals surface area contributed by atoms with Crippen LogP contribution in [0.25, 0.3) is 0 Å². The standard InChI is InChI=1S/C18H12F5N3O2.Na.H/c19-13-2-1-3-14(20)16(13)17(28)24-15-6-7-26(25-15)9-10-4-5-11(27)8-12(10)18(21,22)23;;/h1-8,27H,9H2,(H,24,25,28);;. The Morgan fingerprint density at radius 2 is 1.76 bits per heavy atom. The zero-order valence-electron chi connectivity index (χ0n) is 14.0. The fraction of sp³-hybridized carbons (Fsp3) is 0.111. The van der Waals surface area contributed by atoms with Gasteiger partial charge in [0.05, 0.1) is 12.1 Å². The molecule has 3 rings (SSSR count). The van der Waals surface area contributed by atoms with E-state index in [-0.39, 0.29) is 47.5 Å². The van der Waals surface area contributed by atoms with E-state index in [1.54, 1.807) is 0 Å². The van der Waals surface area contributed by atoms with E-state index < -0.39 is 40.6 Å². The van der Waals surface area contributed by atoms with Crippen molar-refractivity contribution in [1.82, 2.24) is 9.78 Å². The Labute approximate surface area is 183 Å². The molecule has 0 saturated heterocycles. The fourth-order valence-electron chi connectivity index (χ4n) is 2.55. The number of benzene rings is 2. The molecule has 0 fully saturated rings. The minimum atomic E-state index is -4.68. The third-order valence-electron chi connectivity index (χ3n) is 3.80. The summed E-state index contributed by atoms with van der Waals surface area (Å²) in [6, 6.07) is 7.02. The maximum absolute atomic E-state index is 13.6. The van der Waals surface area contributed by atoms with Crippen LogP contribution in [0.3, 0.4) is 0 Å². The van der Waals surface area contributed by atoms with Crippen LogP contribution in [0.15, 0.2) is 48.7 Å². The number of anilines is 1. The Morgan fingerprint density at radius 3 is 2.38 bits per heavy atom. The van der Waals surface area contributed by atoms with Gasteiger partial charge in [-0.2, -0.15) is 18.3 Å². The maximum atomic E-state index is 13.6. The summed E-state index contributed by atoms with van der Waals surface area (Å²) < 4.78 is 67.7. The molecule has 3 aromatic rings. The van der Waals surface area contributed by atoms with Crippen molar-refractivity contribution in [1.29, 1.82) is 0 Å². The van der Waals surface area contributed by atoms with Gasteiger partial charge in [-0.1, -0.05) is 12.1 Å². The molecule has 1 heterocycles. The number of halogens is 5. The van der Waals surface area contributed by atoms with Crippen LogP contribution in [-0.4, -0.2) is 50.4 Å². The van der Waals surface area contributed by atoms with Gasteiger partial charge in [0, 0.05) is 12.3 Å². The van der Waals surface area contributed by atoms with Crippen LogP contribution >= 0.6 is 0 Å². The molecule has 11 heteroatoms. The number of carbonyl (C=O) groups is 1. The van der Waals surface area contributed by atoms with Gasteiger partial charge < -0.3 is 10.4 Å². The SMILES string of the molecule is O=C(Nc1ccn(Cc2ccc(O)cc2C(F)(F)F)n1)c1c(F)cccc1F.[NaH]. The van der Waals surface area contributed by atoms with Crippen LogP contribution in [0, 0.1) is 11.6 Å². The van der Waals surface area contributed by atoms with Gasteiger partial charge in [-0.05, 0) is 29.8 Å². The molecule has 29 heavy (non-hydrogen) atoms. The summed E-state index contributed by atoms with van der Waals surface area (Å²) in [4.78, 5) is 12.0. The Bertz CT molecular complexity index is 1020. The van der Waals surface area contributed by atoms with Crippen molar-refractivity contribution in [2.75, 3.05) is 5.32 Å². The van der Waals surface area contributed by atoms with Crippen LogP contribution < -0.4 is 5.32 Å². The number of phenols is 1.